The molecule has 7 unspecified atom stereocenters. The summed E-state index contributed by atoms with van der Waals surface area (Å²) in [7, 11) is 4.63. The number of rotatable bonds is 4. The predicted octanol–water partition coefficient (Wildman–Crippen LogP) is -1.01. The van der Waals surface area contributed by atoms with Gasteiger partial charge < -0.3 is 36.1 Å². The molecule has 3 aliphatic carbocycles. The Morgan fingerprint density at radius 2 is 2.03 bits per heavy atom. The van der Waals surface area contributed by atoms with E-state index in [0.29, 0.717) is 36.6 Å². The van der Waals surface area contributed by atoms with Crippen molar-refractivity contribution in [2.24, 2.45) is 29.4 Å². The number of amides is 1. The van der Waals surface area contributed by atoms with Crippen LogP contribution in [0.15, 0.2) is 6.07 Å². The first-order valence-electron chi connectivity index (χ1n) is 12.6. The van der Waals surface area contributed by atoms with Crippen molar-refractivity contribution >= 4 is 29.0 Å². The molecule has 7 atom stereocenters. The van der Waals surface area contributed by atoms with E-state index in [1.807, 2.05) is 0 Å². The number of likely N-dealkylation sites (N-methyl/N-ethyl adjacent to an activating group) is 1. The fourth-order valence-corrected chi connectivity index (χ4v) is 7.00. The number of hydrogen-bond donors (Lipinski definition) is 5. The van der Waals surface area contributed by atoms with Crippen molar-refractivity contribution in [3.8, 4) is 11.5 Å². The zero-order valence-corrected chi connectivity index (χ0v) is 21.4. The molecule has 1 aromatic carbocycles. The molecule has 1 amide bonds. The maximum atomic E-state index is 13.9. The van der Waals surface area contributed by atoms with Crippen LogP contribution < -0.4 is 15.8 Å². The van der Waals surface area contributed by atoms with Crippen molar-refractivity contribution in [1.82, 2.24) is 10.2 Å². The van der Waals surface area contributed by atoms with Crippen LogP contribution in [0.2, 0.25) is 0 Å². The third kappa shape index (κ3) is 3.54. The highest BCUT2D eigenvalue weighted by atomic mass is 16.5. The van der Waals surface area contributed by atoms with E-state index in [0.717, 1.165) is 0 Å². The van der Waals surface area contributed by atoms with Gasteiger partial charge in [0.1, 0.15) is 17.4 Å². The number of aromatic hydroxyl groups is 1. The minimum atomic E-state index is -2.53. The summed E-state index contributed by atoms with van der Waals surface area (Å²) in [6.07, 6.45) is 0.225. The SMILES string of the molecule is COc1c(C2COCCN2)cc(O)c2c1CC1CC3C(N(C)C)C(=O)C(C(N)=O)C(=N)C3(O)C(=O)C1C2=O. The molecule has 1 heterocycles. The van der Waals surface area contributed by atoms with Crippen LogP contribution in [0, 0.1) is 29.1 Å². The Kier molecular flexibility index (Phi) is 6.41. The lowest BCUT2D eigenvalue weighted by molar-refractivity contribution is -0.157. The van der Waals surface area contributed by atoms with E-state index < -0.39 is 64.3 Å². The van der Waals surface area contributed by atoms with Crippen LogP contribution >= 0.6 is 0 Å². The van der Waals surface area contributed by atoms with Crippen molar-refractivity contribution in [2.45, 2.75) is 30.5 Å². The standard InChI is InChI=1S/C26H32N4O8/c1-30(2)19-13-7-10-6-12-17(15(31)8-11(22(12)37-3)14-9-38-5-4-29-14)20(32)16(10)24(34)26(13,36)23(27)18(21(19)33)25(28)35/h8,10,13-14,16,18-19,27,29,31,36H,4-7,9H2,1-3H3,(H2,28,35). The molecule has 4 aliphatic rings. The Balaban J connectivity index is 1.63. The van der Waals surface area contributed by atoms with Gasteiger partial charge in [-0.1, -0.05) is 0 Å². The fourth-order valence-electron chi connectivity index (χ4n) is 7.00. The van der Waals surface area contributed by atoms with Crippen molar-refractivity contribution in [2.75, 3.05) is 41.0 Å². The van der Waals surface area contributed by atoms with Gasteiger partial charge in [-0.3, -0.25) is 24.1 Å². The molecular formula is C26H32N4O8. The van der Waals surface area contributed by atoms with Crippen LogP contribution in [0.25, 0.3) is 0 Å². The molecule has 6 N–H and O–H groups in total. The molecule has 0 bridgehead atoms. The Bertz CT molecular complexity index is 1260. The first-order valence-corrected chi connectivity index (χ1v) is 12.6. The zero-order valence-electron chi connectivity index (χ0n) is 21.4. The summed E-state index contributed by atoms with van der Waals surface area (Å²) >= 11 is 0. The number of benzene rings is 1. The summed E-state index contributed by atoms with van der Waals surface area (Å²) in [6, 6.07) is 0.0823. The van der Waals surface area contributed by atoms with Crippen LogP contribution in [-0.4, -0.2) is 96.7 Å². The van der Waals surface area contributed by atoms with Crippen LogP contribution in [-0.2, 0) is 25.5 Å². The summed E-state index contributed by atoms with van der Waals surface area (Å²) in [4.78, 5) is 54.7. The van der Waals surface area contributed by atoms with E-state index in [4.69, 9.17) is 20.6 Å². The van der Waals surface area contributed by atoms with E-state index >= 15 is 0 Å². The molecule has 38 heavy (non-hydrogen) atoms. The number of Topliss-reactive ketones (excluding diaryl/α,β-unsaturated/α-hetero) is 3. The van der Waals surface area contributed by atoms with Gasteiger partial charge in [0, 0.05) is 23.6 Å². The van der Waals surface area contributed by atoms with E-state index in [-0.39, 0.29) is 30.2 Å². The predicted molar refractivity (Wildman–Crippen MR) is 132 cm³/mol. The summed E-state index contributed by atoms with van der Waals surface area (Å²) in [5, 5.41) is 34.6. The molecule has 1 saturated heterocycles. The number of nitrogens with one attached hydrogen (secondary N) is 2. The van der Waals surface area contributed by atoms with E-state index in [1.165, 1.54) is 18.1 Å². The van der Waals surface area contributed by atoms with E-state index in [2.05, 4.69) is 5.32 Å². The normalized spacial score (nSPS) is 35.0. The molecule has 0 spiro atoms. The molecule has 12 nitrogen and oxygen atoms in total. The maximum absolute atomic E-state index is 13.9. The molecule has 12 heteroatoms. The molecule has 204 valence electrons. The average molecular weight is 529 g/mol. The maximum Gasteiger partial charge on any atom is 0.233 e. The van der Waals surface area contributed by atoms with Crippen LogP contribution in [0.4, 0.5) is 0 Å². The Morgan fingerprint density at radius 1 is 1.32 bits per heavy atom. The summed E-state index contributed by atoms with van der Waals surface area (Å²) in [6.45, 7) is 1.49. The number of methoxy groups -OCH3 is 1. The zero-order chi connectivity index (χ0) is 27.7. The largest absolute Gasteiger partial charge is 0.507 e. The number of primary amides is 1. The second-order valence-electron chi connectivity index (χ2n) is 10.8. The highest BCUT2D eigenvalue weighted by molar-refractivity contribution is 6.33. The van der Waals surface area contributed by atoms with Crippen LogP contribution in [0.1, 0.15) is 33.9 Å². The lowest BCUT2D eigenvalue weighted by atomic mass is 9.52. The fraction of sp³-hybridized carbons (Fsp3) is 0.577. The summed E-state index contributed by atoms with van der Waals surface area (Å²) in [5.74, 6) is -8.18. The second-order valence-corrected chi connectivity index (χ2v) is 10.8. The number of fused-ring (bicyclic) bond motifs is 3. The molecular weight excluding hydrogens is 496 g/mol. The van der Waals surface area contributed by atoms with Gasteiger partial charge in [-0.15, -0.1) is 0 Å². The Labute approximate surface area is 219 Å². The third-order valence-corrected chi connectivity index (χ3v) is 8.60. The number of hydrogen-bond acceptors (Lipinski definition) is 11. The summed E-state index contributed by atoms with van der Waals surface area (Å²) in [5.41, 5.74) is 3.11. The minimum absolute atomic E-state index is 0.0550. The number of aliphatic hydroxyl groups is 1. The first kappa shape index (κ1) is 26.4. The lowest BCUT2D eigenvalue weighted by Gasteiger charge is -2.53. The van der Waals surface area contributed by atoms with E-state index in [1.54, 1.807) is 14.1 Å². The number of ketones is 3. The third-order valence-electron chi connectivity index (χ3n) is 8.60. The highest BCUT2D eigenvalue weighted by Gasteiger charge is 2.67. The number of carbonyl (C=O) groups is 4. The van der Waals surface area contributed by atoms with Crippen molar-refractivity contribution in [3.63, 3.8) is 0 Å². The van der Waals surface area contributed by atoms with Gasteiger partial charge in [-0.25, -0.2) is 0 Å². The molecule has 0 radical (unpaired) electrons. The van der Waals surface area contributed by atoms with Crippen molar-refractivity contribution < 1.29 is 38.9 Å². The second kappa shape index (κ2) is 9.23. The average Bonchev–Trinajstić information content (AvgIpc) is 2.86. The quantitative estimate of drug-likeness (QED) is 0.302. The van der Waals surface area contributed by atoms with Gasteiger partial charge in [0.15, 0.2) is 23.0 Å². The van der Waals surface area contributed by atoms with Gasteiger partial charge in [0.05, 0.1) is 49.6 Å². The lowest BCUT2D eigenvalue weighted by Crippen LogP contribution is -2.73. The first-order chi connectivity index (χ1) is 17.9. The minimum Gasteiger partial charge on any atom is -0.507 e. The number of carbonyl (C=O) groups excluding carboxylic acids is 4. The Hall–Kier alpha value is -3.19. The molecule has 5 rings (SSSR count). The molecule has 1 aliphatic heterocycles. The van der Waals surface area contributed by atoms with Crippen molar-refractivity contribution in [3.05, 3.63) is 22.8 Å². The van der Waals surface area contributed by atoms with Crippen LogP contribution in [0.5, 0.6) is 11.5 Å². The van der Waals surface area contributed by atoms with Gasteiger partial charge in [0.25, 0.3) is 0 Å². The van der Waals surface area contributed by atoms with Gasteiger partial charge >= 0.3 is 0 Å². The van der Waals surface area contributed by atoms with Crippen molar-refractivity contribution in [1.29, 1.82) is 5.41 Å². The summed E-state index contributed by atoms with van der Waals surface area (Å²) < 4.78 is 11.3. The number of morpholine rings is 1. The molecule has 2 saturated carbocycles. The number of phenolic OH excluding ortho intramolecular Hbond substituents is 1. The van der Waals surface area contributed by atoms with E-state index in [9.17, 15) is 29.4 Å². The smallest absolute Gasteiger partial charge is 0.233 e. The number of nitrogens with zero attached hydrogens (tertiary/aromatic N) is 1. The topological polar surface area (TPSA) is 192 Å². The van der Waals surface area contributed by atoms with Gasteiger partial charge in [-0.2, -0.15) is 0 Å². The molecule has 0 aromatic heterocycles. The highest BCUT2D eigenvalue weighted by Crippen LogP contribution is 2.52. The van der Waals surface area contributed by atoms with Crippen LogP contribution in [0.3, 0.4) is 0 Å². The molecule has 3 fully saturated rings. The number of phenols is 1. The van der Waals surface area contributed by atoms with Gasteiger partial charge in [0.2, 0.25) is 5.91 Å². The Morgan fingerprint density at radius 3 is 2.61 bits per heavy atom. The molecule has 1 aromatic rings. The monoisotopic (exact) mass is 528 g/mol. The van der Waals surface area contributed by atoms with Gasteiger partial charge in [-0.05, 0) is 38.9 Å². The number of nitrogens with two attached hydrogens (primary N) is 1. The number of ether oxygens (including phenoxy) is 2.